The Hall–Kier alpha value is -1.92. The van der Waals surface area contributed by atoms with Crippen LogP contribution in [0.25, 0.3) is 0 Å². The van der Waals surface area contributed by atoms with E-state index in [9.17, 15) is 14.7 Å². The average molecular weight is 280 g/mol. The molecule has 1 fully saturated rings. The molecule has 1 aliphatic rings. The highest BCUT2D eigenvalue weighted by Gasteiger charge is 2.31. The minimum absolute atomic E-state index is 0.0789. The van der Waals surface area contributed by atoms with Crippen LogP contribution in [0.1, 0.15) is 55.5 Å². The van der Waals surface area contributed by atoms with Crippen LogP contribution in [0.5, 0.6) is 0 Å². The minimum Gasteiger partial charge on any atom is -0.481 e. The topological polar surface area (TPSA) is 108 Å². The molecule has 0 spiro atoms. The van der Waals surface area contributed by atoms with E-state index < -0.39 is 17.8 Å². The summed E-state index contributed by atoms with van der Waals surface area (Å²) in [6.45, 7) is 1.91. The Morgan fingerprint density at radius 2 is 2.10 bits per heavy atom. The molecular formula is C13H20N4O3. The zero-order valence-electron chi connectivity index (χ0n) is 11.6. The number of carbonyl (C=O) groups is 2. The monoisotopic (exact) mass is 280 g/mol. The lowest BCUT2D eigenvalue weighted by atomic mass is 9.95. The highest BCUT2D eigenvalue weighted by atomic mass is 16.4. The van der Waals surface area contributed by atoms with Crippen molar-refractivity contribution in [2.75, 3.05) is 0 Å². The van der Waals surface area contributed by atoms with Crippen molar-refractivity contribution in [3.8, 4) is 0 Å². The van der Waals surface area contributed by atoms with Crippen LogP contribution < -0.4 is 5.32 Å². The minimum atomic E-state index is -0.846. The lowest BCUT2D eigenvalue weighted by Crippen LogP contribution is -2.43. The van der Waals surface area contributed by atoms with Crippen LogP contribution in [0.4, 0.5) is 0 Å². The molecule has 1 saturated carbocycles. The second-order valence-electron chi connectivity index (χ2n) is 5.12. The molecule has 3 N–H and O–H groups in total. The number of carboxylic acid groups (broad SMARTS) is 1. The lowest BCUT2D eigenvalue weighted by molar-refractivity contribution is -0.142. The molecule has 0 radical (unpaired) electrons. The summed E-state index contributed by atoms with van der Waals surface area (Å²) in [4.78, 5) is 27.4. The second-order valence-corrected chi connectivity index (χ2v) is 5.12. The fourth-order valence-corrected chi connectivity index (χ4v) is 2.56. The van der Waals surface area contributed by atoms with Crippen molar-refractivity contribution in [1.82, 2.24) is 20.5 Å². The van der Waals surface area contributed by atoms with E-state index in [1.807, 2.05) is 6.92 Å². The van der Waals surface area contributed by atoms with Gasteiger partial charge in [0, 0.05) is 12.5 Å². The molecule has 1 amide bonds. The Labute approximate surface area is 117 Å². The SMILES string of the molecule is CCc1nc(C(=O)NC2CCCCCC2C(=O)O)n[nH]1. The first-order valence-corrected chi connectivity index (χ1v) is 7.06. The standard InChI is InChI=1S/C13H20N4O3/c1-2-10-15-11(17-16-10)12(18)14-9-7-5-3-4-6-8(9)13(19)20/h8-9H,2-7H2,1H3,(H,14,18)(H,19,20)(H,15,16,17). The van der Waals surface area contributed by atoms with Gasteiger partial charge in [0.05, 0.1) is 5.92 Å². The predicted octanol–water partition coefficient (Wildman–Crippen LogP) is 1.13. The summed E-state index contributed by atoms with van der Waals surface area (Å²) in [5, 5.41) is 18.6. The Kier molecular flexibility index (Phi) is 4.70. The summed E-state index contributed by atoms with van der Waals surface area (Å²) in [5.74, 6) is -1.05. The first kappa shape index (κ1) is 14.5. The van der Waals surface area contributed by atoms with E-state index in [4.69, 9.17) is 0 Å². The summed E-state index contributed by atoms with van der Waals surface area (Å²) in [5.41, 5.74) is 0. The quantitative estimate of drug-likeness (QED) is 0.716. The Morgan fingerprint density at radius 3 is 2.75 bits per heavy atom. The molecule has 2 atom stereocenters. The van der Waals surface area contributed by atoms with Gasteiger partial charge in [0.25, 0.3) is 5.91 Å². The fourth-order valence-electron chi connectivity index (χ4n) is 2.56. The van der Waals surface area contributed by atoms with Crippen LogP contribution in [0.2, 0.25) is 0 Å². The van der Waals surface area contributed by atoms with Crippen molar-refractivity contribution in [3.05, 3.63) is 11.6 Å². The van der Waals surface area contributed by atoms with Crippen molar-refractivity contribution in [3.63, 3.8) is 0 Å². The maximum absolute atomic E-state index is 12.1. The Morgan fingerprint density at radius 1 is 1.35 bits per heavy atom. The number of amides is 1. The zero-order valence-corrected chi connectivity index (χ0v) is 11.6. The fraction of sp³-hybridized carbons (Fsp3) is 0.692. The molecule has 1 aliphatic carbocycles. The molecule has 0 aromatic carbocycles. The van der Waals surface area contributed by atoms with Crippen molar-refractivity contribution >= 4 is 11.9 Å². The van der Waals surface area contributed by atoms with Gasteiger partial charge in [-0.15, -0.1) is 5.10 Å². The van der Waals surface area contributed by atoms with Crippen LogP contribution >= 0.6 is 0 Å². The van der Waals surface area contributed by atoms with Crippen molar-refractivity contribution in [2.45, 2.75) is 51.5 Å². The number of aryl methyl sites for hydroxylation is 1. The van der Waals surface area contributed by atoms with Crippen LogP contribution in [0, 0.1) is 5.92 Å². The maximum Gasteiger partial charge on any atom is 0.308 e. The number of aromatic nitrogens is 3. The molecule has 1 aromatic rings. The summed E-state index contributed by atoms with van der Waals surface area (Å²) in [6.07, 6.45) is 4.80. The molecule has 0 saturated heterocycles. The van der Waals surface area contributed by atoms with E-state index in [0.29, 0.717) is 25.1 Å². The number of aliphatic carboxylic acids is 1. The van der Waals surface area contributed by atoms with Crippen molar-refractivity contribution < 1.29 is 14.7 Å². The van der Waals surface area contributed by atoms with Crippen LogP contribution in [0.3, 0.4) is 0 Å². The first-order valence-electron chi connectivity index (χ1n) is 7.06. The van der Waals surface area contributed by atoms with Gasteiger partial charge in [0.1, 0.15) is 5.82 Å². The van der Waals surface area contributed by atoms with E-state index in [-0.39, 0.29) is 11.9 Å². The van der Waals surface area contributed by atoms with Crippen LogP contribution in [0.15, 0.2) is 0 Å². The number of carboxylic acids is 1. The van der Waals surface area contributed by atoms with Crippen LogP contribution in [-0.4, -0.2) is 38.2 Å². The van der Waals surface area contributed by atoms with Gasteiger partial charge in [-0.05, 0) is 12.8 Å². The molecule has 110 valence electrons. The van der Waals surface area contributed by atoms with Crippen molar-refractivity contribution in [1.29, 1.82) is 0 Å². The van der Waals surface area contributed by atoms with E-state index in [1.54, 1.807) is 0 Å². The largest absolute Gasteiger partial charge is 0.481 e. The first-order chi connectivity index (χ1) is 9.61. The normalized spacial score (nSPS) is 23.1. The number of aromatic amines is 1. The van der Waals surface area contributed by atoms with Gasteiger partial charge in [0.2, 0.25) is 5.82 Å². The molecular weight excluding hydrogens is 260 g/mol. The summed E-state index contributed by atoms with van der Waals surface area (Å²) >= 11 is 0. The number of nitrogens with zero attached hydrogens (tertiary/aromatic N) is 2. The van der Waals surface area contributed by atoms with E-state index >= 15 is 0 Å². The summed E-state index contributed by atoms with van der Waals surface area (Å²) in [7, 11) is 0. The van der Waals surface area contributed by atoms with Gasteiger partial charge in [-0.2, -0.15) is 0 Å². The summed E-state index contributed by atoms with van der Waals surface area (Å²) in [6, 6.07) is -0.342. The van der Waals surface area contributed by atoms with Gasteiger partial charge < -0.3 is 10.4 Å². The number of hydrogen-bond donors (Lipinski definition) is 3. The molecule has 1 aromatic heterocycles. The Bertz CT molecular complexity index is 486. The highest BCUT2D eigenvalue weighted by molar-refractivity contribution is 5.91. The zero-order chi connectivity index (χ0) is 14.5. The Balaban J connectivity index is 2.05. The third-order valence-electron chi connectivity index (χ3n) is 3.72. The molecule has 2 rings (SSSR count). The van der Waals surface area contributed by atoms with E-state index in [1.165, 1.54) is 0 Å². The van der Waals surface area contributed by atoms with Gasteiger partial charge in [0.15, 0.2) is 0 Å². The van der Waals surface area contributed by atoms with E-state index in [2.05, 4.69) is 20.5 Å². The molecule has 7 heteroatoms. The van der Waals surface area contributed by atoms with Gasteiger partial charge in [-0.1, -0.05) is 26.2 Å². The third kappa shape index (κ3) is 3.34. The highest BCUT2D eigenvalue weighted by Crippen LogP contribution is 2.24. The van der Waals surface area contributed by atoms with Crippen LogP contribution in [-0.2, 0) is 11.2 Å². The molecule has 2 unspecified atom stereocenters. The van der Waals surface area contributed by atoms with Gasteiger partial charge in [-0.3, -0.25) is 14.7 Å². The second kappa shape index (κ2) is 6.49. The average Bonchev–Trinajstić information content (AvgIpc) is 2.79. The number of carbonyl (C=O) groups excluding carboxylic acids is 1. The molecule has 0 bridgehead atoms. The van der Waals surface area contributed by atoms with Crippen molar-refractivity contribution in [2.24, 2.45) is 5.92 Å². The molecule has 1 heterocycles. The number of rotatable bonds is 4. The summed E-state index contributed by atoms with van der Waals surface area (Å²) < 4.78 is 0. The van der Waals surface area contributed by atoms with E-state index in [0.717, 1.165) is 19.3 Å². The number of H-pyrrole nitrogens is 1. The predicted molar refractivity (Wildman–Crippen MR) is 71.2 cm³/mol. The number of hydrogen-bond acceptors (Lipinski definition) is 4. The molecule has 0 aliphatic heterocycles. The third-order valence-corrected chi connectivity index (χ3v) is 3.72. The molecule has 7 nitrogen and oxygen atoms in total. The van der Waals surface area contributed by atoms with Gasteiger partial charge >= 0.3 is 5.97 Å². The number of nitrogens with one attached hydrogen (secondary N) is 2. The van der Waals surface area contributed by atoms with Gasteiger partial charge in [-0.25, -0.2) is 4.98 Å². The lowest BCUT2D eigenvalue weighted by Gasteiger charge is -2.22. The smallest absolute Gasteiger partial charge is 0.308 e. The maximum atomic E-state index is 12.1. The molecule has 20 heavy (non-hydrogen) atoms.